The second-order valence-corrected chi connectivity index (χ2v) is 7.50. The second kappa shape index (κ2) is 8.97. The molecule has 0 saturated heterocycles. The van der Waals surface area contributed by atoms with Gasteiger partial charge in [0.25, 0.3) is 0 Å². The number of nitrogens with two attached hydrogens (primary N) is 2. The third kappa shape index (κ3) is 4.27. The molecule has 0 saturated carbocycles. The molecule has 0 aliphatic rings. The first kappa shape index (κ1) is 20.6. The molecule has 2 aromatic heterocycles. The number of carbonyl (C=O) groups is 1. The van der Waals surface area contributed by atoms with Gasteiger partial charge in [-0.2, -0.15) is 5.10 Å². The smallest absolute Gasteiger partial charge is 0.249 e. The first-order valence-corrected chi connectivity index (χ1v) is 10.3. The van der Waals surface area contributed by atoms with Crippen LogP contribution in [0.5, 0.6) is 0 Å². The molecule has 0 fully saturated rings. The van der Waals surface area contributed by atoms with Crippen LogP contribution in [0.25, 0.3) is 28.2 Å². The molecule has 0 bridgehead atoms. The Balaban J connectivity index is 1.95. The van der Waals surface area contributed by atoms with Crippen molar-refractivity contribution in [2.45, 2.75) is 19.3 Å². The summed E-state index contributed by atoms with van der Waals surface area (Å²) in [5.74, 6) is 0.190. The molecule has 2 heterocycles. The van der Waals surface area contributed by atoms with Crippen LogP contribution in [0.15, 0.2) is 67.1 Å². The van der Waals surface area contributed by atoms with Gasteiger partial charge in [-0.25, -0.2) is 4.98 Å². The first-order chi connectivity index (χ1) is 15.1. The van der Waals surface area contributed by atoms with Crippen LogP contribution in [0.4, 0.5) is 0 Å². The summed E-state index contributed by atoms with van der Waals surface area (Å²) in [4.78, 5) is 17.4. The Morgan fingerprint density at radius 2 is 1.84 bits per heavy atom. The van der Waals surface area contributed by atoms with E-state index in [-0.39, 0.29) is 0 Å². The molecule has 158 valence electrons. The van der Waals surface area contributed by atoms with Crippen LogP contribution in [0.2, 0.25) is 0 Å². The predicted octanol–water partition coefficient (Wildman–Crippen LogP) is 3.32. The highest BCUT2D eigenvalue weighted by Crippen LogP contribution is 2.35. The fraction of sp³-hybridized carbons (Fsp3) is 0.208. The zero-order valence-corrected chi connectivity index (χ0v) is 17.5. The Hall–Kier alpha value is -3.71. The Labute approximate surface area is 181 Å². The minimum Gasteiger partial charge on any atom is -0.366 e. The Morgan fingerprint density at radius 3 is 2.52 bits per heavy atom. The topological polar surface area (TPSA) is 105 Å². The molecule has 0 aliphatic heterocycles. The van der Waals surface area contributed by atoms with Crippen LogP contribution in [0, 0.1) is 0 Å². The van der Waals surface area contributed by atoms with Gasteiger partial charge in [0.2, 0.25) is 5.91 Å². The van der Waals surface area contributed by atoms with Gasteiger partial charge in [0.15, 0.2) is 0 Å². The van der Waals surface area contributed by atoms with Crippen LogP contribution >= 0.6 is 0 Å². The largest absolute Gasteiger partial charge is 0.366 e. The number of hydrogen-bond acceptors (Lipinski definition) is 4. The summed E-state index contributed by atoms with van der Waals surface area (Å²) in [5, 5.41) is 4.30. The van der Waals surface area contributed by atoms with Crippen LogP contribution in [-0.4, -0.2) is 31.8 Å². The van der Waals surface area contributed by atoms with Gasteiger partial charge in [-0.3, -0.25) is 14.0 Å². The number of amides is 1. The van der Waals surface area contributed by atoms with E-state index in [9.17, 15) is 4.79 Å². The van der Waals surface area contributed by atoms with Crippen molar-refractivity contribution in [1.82, 2.24) is 19.3 Å². The maximum Gasteiger partial charge on any atom is 0.249 e. The number of hydrogen-bond donors (Lipinski definition) is 2. The predicted molar refractivity (Wildman–Crippen MR) is 122 cm³/mol. The van der Waals surface area contributed by atoms with Gasteiger partial charge >= 0.3 is 0 Å². The molecule has 31 heavy (non-hydrogen) atoms. The number of carbonyl (C=O) groups excluding carboxylic acids is 1. The zero-order valence-electron chi connectivity index (χ0n) is 17.5. The van der Waals surface area contributed by atoms with E-state index in [1.807, 2.05) is 66.5 Å². The number of unbranched alkanes of at least 4 members (excludes halogenated alkanes) is 1. The standard InChI is InChI=1S/C24H26N6O/c1-29-15-17(14-27-29)20-11-7-12-21(23(26)31)22(20)24-28-18(8-5-6-13-25)16-30(24)19-9-3-2-4-10-19/h2-4,7,9-12,14-16H,5-6,8,13,25H2,1H3,(H2,26,31). The highest BCUT2D eigenvalue weighted by Gasteiger charge is 2.22. The Bertz CT molecular complexity index is 1190. The SMILES string of the molecule is Cn1cc(-c2cccc(C(N)=O)c2-c2nc(CCCCN)cn2-c2ccccc2)cn1. The summed E-state index contributed by atoms with van der Waals surface area (Å²) in [6.07, 6.45) is 8.43. The number of rotatable bonds is 8. The summed E-state index contributed by atoms with van der Waals surface area (Å²) in [5.41, 5.74) is 16.3. The molecule has 0 radical (unpaired) electrons. The van der Waals surface area contributed by atoms with Crippen molar-refractivity contribution in [2.24, 2.45) is 18.5 Å². The van der Waals surface area contributed by atoms with Gasteiger partial charge in [-0.15, -0.1) is 0 Å². The number of primary amides is 1. The van der Waals surface area contributed by atoms with E-state index in [1.165, 1.54) is 0 Å². The third-order valence-corrected chi connectivity index (χ3v) is 5.25. The molecule has 4 rings (SSSR count). The summed E-state index contributed by atoms with van der Waals surface area (Å²) >= 11 is 0. The van der Waals surface area contributed by atoms with Crippen LogP contribution in [0.3, 0.4) is 0 Å². The molecular formula is C24H26N6O. The molecule has 4 N–H and O–H groups in total. The highest BCUT2D eigenvalue weighted by atomic mass is 16.1. The number of aromatic nitrogens is 4. The Morgan fingerprint density at radius 1 is 1.03 bits per heavy atom. The van der Waals surface area contributed by atoms with E-state index in [0.717, 1.165) is 41.8 Å². The molecule has 7 nitrogen and oxygen atoms in total. The monoisotopic (exact) mass is 414 g/mol. The molecule has 2 aromatic carbocycles. The van der Waals surface area contributed by atoms with Crippen molar-refractivity contribution < 1.29 is 4.79 Å². The summed E-state index contributed by atoms with van der Waals surface area (Å²) in [7, 11) is 1.86. The molecule has 1 amide bonds. The molecular weight excluding hydrogens is 388 g/mol. The number of para-hydroxylation sites is 1. The number of nitrogens with zero attached hydrogens (tertiary/aromatic N) is 4. The average molecular weight is 415 g/mol. The zero-order chi connectivity index (χ0) is 21.8. The number of benzene rings is 2. The van der Waals surface area contributed by atoms with Crippen molar-refractivity contribution in [2.75, 3.05) is 6.54 Å². The minimum atomic E-state index is -0.493. The van der Waals surface area contributed by atoms with Gasteiger partial charge < -0.3 is 11.5 Å². The summed E-state index contributed by atoms with van der Waals surface area (Å²) in [6, 6.07) is 15.5. The van der Waals surface area contributed by atoms with Gasteiger partial charge in [0.05, 0.1) is 17.5 Å². The van der Waals surface area contributed by atoms with Crippen molar-refractivity contribution in [3.8, 4) is 28.2 Å². The van der Waals surface area contributed by atoms with Gasteiger partial charge in [-0.1, -0.05) is 30.3 Å². The minimum absolute atomic E-state index is 0.428. The molecule has 7 heteroatoms. The first-order valence-electron chi connectivity index (χ1n) is 10.3. The highest BCUT2D eigenvalue weighted by molar-refractivity contribution is 6.03. The fourth-order valence-electron chi connectivity index (χ4n) is 3.76. The molecule has 0 spiro atoms. The normalized spacial score (nSPS) is 11.0. The van der Waals surface area contributed by atoms with Crippen molar-refractivity contribution in [3.63, 3.8) is 0 Å². The lowest BCUT2D eigenvalue weighted by atomic mass is 9.96. The average Bonchev–Trinajstić information content (AvgIpc) is 3.40. The quantitative estimate of drug-likeness (QED) is 0.432. The van der Waals surface area contributed by atoms with Crippen molar-refractivity contribution in [1.29, 1.82) is 0 Å². The van der Waals surface area contributed by atoms with E-state index < -0.39 is 5.91 Å². The maximum atomic E-state index is 12.4. The lowest BCUT2D eigenvalue weighted by Gasteiger charge is -2.14. The third-order valence-electron chi connectivity index (χ3n) is 5.25. The van der Waals surface area contributed by atoms with Crippen LogP contribution in [-0.2, 0) is 13.5 Å². The molecule has 0 unspecified atom stereocenters. The lowest BCUT2D eigenvalue weighted by molar-refractivity contribution is 0.100. The maximum absolute atomic E-state index is 12.4. The van der Waals surface area contributed by atoms with Gasteiger partial charge in [0, 0.05) is 36.3 Å². The summed E-state index contributed by atoms with van der Waals surface area (Å²) < 4.78 is 3.76. The lowest BCUT2D eigenvalue weighted by Crippen LogP contribution is -2.14. The second-order valence-electron chi connectivity index (χ2n) is 7.50. The van der Waals surface area contributed by atoms with Crippen molar-refractivity contribution >= 4 is 5.91 Å². The van der Waals surface area contributed by atoms with E-state index in [1.54, 1.807) is 16.9 Å². The molecule has 0 atom stereocenters. The van der Waals surface area contributed by atoms with Crippen molar-refractivity contribution in [3.05, 3.63) is 78.4 Å². The van der Waals surface area contributed by atoms with E-state index >= 15 is 0 Å². The Kier molecular flexibility index (Phi) is 5.95. The van der Waals surface area contributed by atoms with E-state index in [4.69, 9.17) is 16.5 Å². The fourth-order valence-corrected chi connectivity index (χ4v) is 3.76. The summed E-state index contributed by atoms with van der Waals surface area (Å²) in [6.45, 7) is 0.655. The van der Waals surface area contributed by atoms with E-state index in [0.29, 0.717) is 23.5 Å². The number of aryl methyl sites for hydroxylation is 2. The van der Waals surface area contributed by atoms with Gasteiger partial charge in [0.1, 0.15) is 5.82 Å². The van der Waals surface area contributed by atoms with Gasteiger partial charge in [-0.05, 0) is 49.6 Å². The van der Waals surface area contributed by atoms with E-state index in [2.05, 4.69) is 5.10 Å². The van der Waals surface area contributed by atoms with Crippen LogP contribution < -0.4 is 11.5 Å². The number of imidazole rings is 1. The van der Waals surface area contributed by atoms with Crippen LogP contribution in [0.1, 0.15) is 28.9 Å². The molecule has 4 aromatic rings. The molecule has 0 aliphatic carbocycles.